The first kappa shape index (κ1) is 18.9. The van der Waals surface area contributed by atoms with E-state index in [1.807, 2.05) is 0 Å². The van der Waals surface area contributed by atoms with Gasteiger partial charge < -0.3 is 14.2 Å². The van der Waals surface area contributed by atoms with Crippen LogP contribution < -0.4 is 0 Å². The number of carbonyl (C=O) groups excluding carboxylic acids is 3. The van der Waals surface area contributed by atoms with Gasteiger partial charge in [-0.25, -0.2) is 4.79 Å². The van der Waals surface area contributed by atoms with Gasteiger partial charge in [-0.15, -0.1) is 6.58 Å². The average molecular weight is 298 g/mol. The second-order valence-corrected chi connectivity index (χ2v) is 4.15. The van der Waals surface area contributed by atoms with Crippen molar-refractivity contribution in [1.29, 1.82) is 0 Å². The first-order valence-electron chi connectivity index (χ1n) is 6.68. The van der Waals surface area contributed by atoms with Crippen LogP contribution in [0.5, 0.6) is 0 Å². The van der Waals surface area contributed by atoms with Gasteiger partial charge in [0.05, 0.1) is 20.3 Å². The summed E-state index contributed by atoms with van der Waals surface area (Å²) in [4.78, 5) is 35.5. The van der Waals surface area contributed by atoms with E-state index in [1.54, 1.807) is 13.8 Å². The number of esters is 3. The minimum absolute atomic E-state index is 0.0359. The Labute approximate surface area is 124 Å². The number of ether oxygens (including phenoxy) is 3. The van der Waals surface area contributed by atoms with Crippen molar-refractivity contribution in [1.82, 2.24) is 0 Å². The number of allylic oxidation sites excluding steroid dienone is 2. The van der Waals surface area contributed by atoms with Gasteiger partial charge in [0.2, 0.25) is 0 Å². The molecular weight excluding hydrogens is 276 g/mol. The van der Waals surface area contributed by atoms with Gasteiger partial charge in [-0.3, -0.25) is 9.59 Å². The number of hydrogen-bond acceptors (Lipinski definition) is 6. The summed E-state index contributed by atoms with van der Waals surface area (Å²) in [5, 5.41) is 0. The molecule has 0 N–H and O–H groups in total. The molecule has 0 aromatic carbocycles. The van der Waals surface area contributed by atoms with E-state index in [9.17, 15) is 14.4 Å². The number of methoxy groups -OCH3 is 1. The first-order chi connectivity index (χ1) is 9.98. The van der Waals surface area contributed by atoms with Crippen molar-refractivity contribution in [3.63, 3.8) is 0 Å². The first-order valence-corrected chi connectivity index (χ1v) is 6.68. The summed E-state index contributed by atoms with van der Waals surface area (Å²) in [7, 11) is 1.24. The molecule has 0 aliphatic heterocycles. The van der Waals surface area contributed by atoms with E-state index >= 15 is 0 Å². The van der Waals surface area contributed by atoms with Crippen molar-refractivity contribution in [3.8, 4) is 0 Å². The Morgan fingerprint density at radius 2 is 1.57 bits per heavy atom. The molecule has 0 aromatic rings. The second-order valence-electron chi connectivity index (χ2n) is 4.15. The maximum Gasteiger partial charge on any atom is 0.330 e. The van der Waals surface area contributed by atoms with Crippen LogP contribution in [-0.2, 0) is 28.6 Å². The Balaban J connectivity index is 5.40. The highest BCUT2D eigenvalue weighted by molar-refractivity contribution is 6.00. The van der Waals surface area contributed by atoms with E-state index in [0.717, 1.165) is 6.08 Å². The van der Waals surface area contributed by atoms with Gasteiger partial charge in [0, 0.05) is 6.08 Å². The molecule has 0 spiro atoms. The molecule has 0 unspecified atom stereocenters. The van der Waals surface area contributed by atoms with Crippen LogP contribution in [0.3, 0.4) is 0 Å². The van der Waals surface area contributed by atoms with Crippen LogP contribution in [0.4, 0.5) is 0 Å². The lowest BCUT2D eigenvalue weighted by Crippen LogP contribution is -2.41. The third-order valence-corrected chi connectivity index (χ3v) is 2.75. The molecule has 0 amide bonds. The molecule has 0 heterocycles. The molecule has 0 aromatic heterocycles. The summed E-state index contributed by atoms with van der Waals surface area (Å²) < 4.78 is 14.4. The lowest BCUT2D eigenvalue weighted by molar-refractivity contribution is -0.171. The fourth-order valence-corrected chi connectivity index (χ4v) is 1.71. The third kappa shape index (κ3) is 5.41. The van der Waals surface area contributed by atoms with Crippen molar-refractivity contribution >= 4 is 17.9 Å². The van der Waals surface area contributed by atoms with E-state index in [2.05, 4.69) is 11.3 Å². The maximum atomic E-state index is 12.2. The molecule has 21 heavy (non-hydrogen) atoms. The number of hydrogen-bond donors (Lipinski definition) is 0. The lowest BCUT2D eigenvalue weighted by Gasteiger charge is -2.26. The van der Waals surface area contributed by atoms with Crippen LogP contribution in [-0.4, -0.2) is 38.2 Å². The molecule has 0 aliphatic carbocycles. The molecule has 0 radical (unpaired) electrons. The van der Waals surface area contributed by atoms with E-state index in [4.69, 9.17) is 9.47 Å². The Morgan fingerprint density at radius 3 is 1.95 bits per heavy atom. The predicted octanol–water partition coefficient (Wildman–Crippen LogP) is 1.79. The minimum Gasteiger partial charge on any atom is -0.466 e. The molecular formula is C15H22O6. The van der Waals surface area contributed by atoms with Crippen LogP contribution in [0.1, 0.15) is 26.7 Å². The topological polar surface area (TPSA) is 78.9 Å². The van der Waals surface area contributed by atoms with Crippen LogP contribution >= 0.6 is 0 Å². The van der Waals surface area contributed by atoms with Crippen molar-refractivity contribution in [3.05, 3.63) is 24.8 Å². The fourth-order valence-electron chi connectivity index (χ4n) is 1.71. The van der Waals surface area contributed by atoms with Crippen LogP contribution in [0.15, 0.2) is 24.8 Å². The van der Waals surface area contributed by atoms with E-state index in [-0.39, 0.29) is 26.1 Å². The zero-order chi connectivity index (χ0) is 16.3. The van der Waals surface area contributed by atoms with Crippen molar-refractivity contribution in [2.45, 2.75) is 26.7 Å². The van der Waals surface area contributed by atoms with E-state index in [0.29, 0.717) is 0 Å². The molecule has 0 rings (SSSR count). The second kappa shape index (κ2) is 9.74. The zero-order valence-corrected chi connectivity index (χ0v) is 12.7. The summed E-state index contributed by atoms with van der Waals surface area (Å²) in [5.74, 6) is -1.97. The Bertz CT molecular complexity index is 392. The van der Waals surface area contributed by atoms with Gasteiger partial charge in [-0.1, -0.05) is 12.2 Å². The fraction of sp³-hybridized carbons (Fsp3) is 0.533. The van der Waals surface area contributed by atoms with Gasteiger partial charge in [0.15, 0.2) is 5.41 Å². The van der Waals surface area contributed by atoms with Gasteiger partial charge in [-0.05, 0) is 26.7 Å². The minimum atomic E-state index is -1.53. The van der Waals surface area contributed by atoms with Crippen LogP contribution in [0, 0.1) is 5.41 Å². The normalized spacial score (nSPS) is 11.0. The van der Waals surface area contributed by atoms with Crippen LogP contribution in [0.2, 0.25) is 0 Å². The van der Waals surface area contributed by atoms with Crippen molar-refractivity contribution in [2.24, 2.45) is 5.41 Å². The highest BCUT2D eigenvalue weighted by atomic mass is 16.6. The largest absolute Gasteiger partial charge is 0.466 e. The highest BCUT2D eigenvalue weighted by Crippen LogP contribution is 2.31. The molecule has 0 saturated heterocycles. The summed E-state index contributed by atoms with van der Waals surface area (Å²) in [6, 6.07) is 0. The molecule has 6 nitrogen and oxygen atoms in total. The molecule has 0 fully saturated rings. The highest BCUT2D eigenvalue weighted by Gasteiger charge is 2.47. The SMILES string of the molecule is C=CCC(C/C=C/C(=O)OC)(C(=O)OCC)C(=O)OCC. The Morgan fingerprint density at radius 1 is 1.05 bits per heavy atom. The smallest absolute Gasteiger partial charge is 0.330 e. The molecule has 0 aliphatic rings. The summed E-state index contributed by atoms with van der Waals surface area (Å²) in [6.45, 7) is 7.12. The molecule has 0 atom stereocenters. The number of carbonyl (C=O) groups is 3. The zero-order valence-electron chi connectivity index (χ0n) is 12.7. The average Bonchev–Trinajstić information content (AvgIpc) is 2.46. The van der Waals surface area contributed by atoms with Crippen LogP contribution in [0.25, 0.3) is 0 Å². The lowest BCUT2D eigenvalue weighted by atomic mass is 9.81. The standard InChI is InChI=1S/C15H22O6/c1-5-10-15(13(17)20-6-2,14(18)21-7-3)11-8-9-12(16)19-4/h5,8-9H,1,6-7,10-11H2,2-4H3/b9-8+. The van der Waals surface area contributed by atoms with E-state index < -0.39 is 23.3 Å². The summed E-state index contributed by atoms with van der Waals surface area (Å²) in [6.07, 6.45) is 4.00. The molecule has 6 heteroatoms. The molecule has 0 saturated carbocycles. The van der Waals surface area contributed by atoms with Gasteiger partial charge >= 0.3 is 17.9 Å². The quantitative estimate of drug-likeness (QED) is 0.212. The third-order valence-electron chi connectivity index (χ3n) is 2.75. The molecule has 118 valence electrons. The van der Waals surface area contributed by atoms with Crippen molar-refractivity contribution < 1.29 is 28.6 Å². The maximum absolute atomic E-state index is 12.2. The number of rotatable bonds is 9. The van der Waals surface area contributed by atoms with E-state index in [1.165, 1.54) is 19.3 Å². The van der Waals surface area contributed by atoms with Gasteiger partial charge in [0.1, 0.15) is 0 Å². The monoisotopic (exact) mass is 298 g/mol. The Hall–Kier alpha value is -2.11. The van der Waals surface area contributed by atoms with Gasteiger partial charge in [0.25, 0.3) is 0 Å². The molecule has 0 bridgehead atoms. The summed E-state index contributed by atoms with van der Waals surface area (Å²) in [5.41, 5.74) is -1.53. The predicted molar refractivity (Wildman–Crippen MR) is 76.3 cm³/mol. The van der Waals surface area contributed by atoms with Crippen molar-refractivity contribution in [2.75, 3.05) is 20.3 Å². The Kier molecular flexibility index (Phi) is 8.76. The van der Waals surface area contributed by atoms with Gasteiger partial charge in [-0.2, -0.15) is 0 Å². The summed E-state index contributed by atoms with van der Waals surface area (Å²) >= 11 is 0.